The number of nitrogens with one attached hydrogen (secondary N) is 1. The van der Waals surface area contributed by atoms with E-state index < -0.39 is 0 Å². The van der Waals surface area contributed by atoms with Crippen LogP contribution in [0.5, 0.6) is 5.75 Å². The fourth-order valence-electron chi connectivity index (χ4n) is 2.99. The average Bonchev–Trinajstić information content (AvgIpc) is 3.15. The molecular weight excluding hydrogens is 318 g/mol. The van der Waals surface area contributed by atoms with Crippen LogP contribution in [0.25, 0.3) is 0 Å². The summed E-state index contributed by atoms with van der Waals surface area (Å²) in [6.07, 6.45) is 2.57. The topological polar surface area (TPSA) is 65.6 Å². The van der Waals surface area contributed by atoms with E-state index in [4.69, 9.17) is 4.74 Å². The molecule has 0 radical (unpaired) electrons. The number of carbonyl (C=O) groups is 2. The predicted octanol–water partition coefficient (Wildman–Crippen LogP) is 1.48. The van der Waals surface area contributed by atoms with Crippen LogP contribution in [0.2, 0.25) is 0 Å². The van der Waals surface area contributed by atoms with Crippen LogP contribution < -0.4 is 4.74 Å². The average molecular weight is 341 g/mol. The maximum Gasteiger partial charge on any atom is 0.228 e. The highest BCUT2D eigenvalue weighted by Crippen LogP contribution is 2.13. The molecule has 1 aliphatic heterocycles. The first kappa shape index (κ1) is 17.1. The van der Waals surface area contributed by atoms with Gasteiger partial charge >= 0.3 is 0 Å². The summed E-state index contributed by atoms with van der Waals surface area (Å²) in [6.45, 7) is 2.36. The van der Waals surface area contributed by atoms with E-state index >= 15 is 0 Å². The molecule has 1 aromatic carbocycles. The minimum Gasteiger partial charge on any atom is -0.497 e. The van der Waals surface area contributed by atoms with Crippen molar-refractivity contribution in [2.45, 2.75) is 12.8 Å². The normalized spacial score (nSPS) is 14.4. The Hall–Kier alpha value is -2.76. The molecule has 25 heavy (non-hydrogen) atoms. The molecule has 0 atom stereocenters. The summed E-state index contributed by atoms with van der Waals surface area (Å²) in [5.41, 5.74) is 1.89. The van der Waals surface area contributed by atoms with Crippen molar-refractivity contribution in [1.29, 1.82) is 0 Å². The largest absolute Gasteiger partial charge is 0.497 e. The van der Waals surface area contributed by atoms with Crippen molar-refractivity contribution in [1.82, 2.24) is 14.8 Å². The first-order valence-corrected chi connectivity index (χ1v) is 8.46. The highest BCUT2D eigenvalue weighted by Gasteiger charge is 2.24. The molecule has 1 aromatic heterocycles. The number of ether oxygens (including phenoxy) is 1. The van der Waals surface area contributed by atoms with Crippen molar-refractivity contribution >= 4 is 11.8 Å². The number of rotatable bonds is 5. The highest BCUT2D eigenvalue weighted by molar-refractivity contribution is 5.80. The molecule has 0 saturated carbocycles. The summed E-state index contributed by atoms with van der Waals surface area (Å²) in [7, 11) is 1.62. The zero-order valence-corrected chi connectivity index (χ0v) is 14.4. The Morgan fingerprint density at radius 2 is 1.56 bits per heavy atom. The van der Waals surface area contributed by atoms with Crippen molar-refractivity contribution in [2.75, 3.05) is 33.3 Å². The van der Waals surface area contributed by atoms with E-state index in [-0.39, 0.29) is 11.8 Å². The van der Waals surface area contributed by atoms with Gasteiger partial charge in [-0.15, -0.1) is 0 Å². The molecule has 132 valence electrons. The molecular formula is C19H23N3O3. The second kappa shape index (κ2) is 7.88. The number of amides is 2. The summed E-state index contributed by atoms with van der Waals surface area (Å²) < 4.78 is 5.13. The van der Waals surface area contributed by atoms with Gasteiger partial charge in [-0.05, 0) is 29.8 Å². The summed E-state index contributed by atoms with van der Waals surface area (Å²) >= 11 is 0. The minimum atomic E-state index is 0.0987. The summed E-state index contributed by atoms with van der Waals surface area (Å²) in [6, 6.07) is 11.3. The highest BCUT2D eigenvalue weighted by atomic mass is 16.5. The van der Waals surface area contributed by atoms with Crippen molar-refractivity contribution in [2.24, 2.45) is 0 Å². The van der Waals surface area contributed by atoms with E-state index in [0.29, 0.717) is 39.0 Å². The van der Waals surface area contributed by atoms with Gasteiger partial charge in [0.15, 0.2) is 0 Å². The first-order valence-electron chi connectivity index (χ1n) is 8.46. The molecule has 2 heterocycles. The molecule has 1 fully saturated rings. The summed E-state index contributed by atoms with van der Waals surface area (Å²) in [4.78, 5) is 31.4. The van der Waals surface area contributed by atoms with Gasteiger partial charge in [0.1, 0.15) is 5.75 Å². The Kier molecular flexibility index (Phi) is 5.38. The van der Waals surface area contributed by atoms with Gasteiger partial charge in [-0.25, -0.2) is 0 Å². The Morgan fingerprint density at radius 1 is 0.960 bits per heavy atom. The van der Waals surface area contributed by atoms with Crippen LogP contribution in [0, 0.1) is 0 Å². The SMILES string of the molecule is COc1ccc(CC(=O)N2CCN(C(=O)Cc3ccc[nH]3)CC2)cc1. The molecule has 1 N–H and O–H groups in total. The van der Waals surface area contributed by atoms with Crippen molar-refractivity contribution < 1.29 is 14.3 Å². The molecule has 0 aliphatic carbocycles. The molecule has 6 heteroatoms. The standard InChI is InChI=1S/C19H23N3O3/c1-25-17-6-4-15(5-7-17)13-18(23)21-9-11-22(12-10-21)19(24)14-16-3-2-8-20-16/h2-8,20H,9-14H2,1H3. The second-order valence-corrected chi connectivity index (χ2v) is 6.16. The van der Waals surface area contributed by atoms with Crippen LogP contribution >= 0.6 is 0 Å². The van der Waals surface area contributed by atoms with Crippen LogP contribution in [0.3, 0.4) is 0 Å². The number of hydrogen-bond donors (Lipinski definition) is 1. The number of aromatic nitrogens is 1. The van der Waals surface area contributed by atoms with Crippen molar-refractivity contribution in [3.05, 3.63) is 53.9 Å². The van der Waals surface area contributed by atoms with Crippen LogP contribution in [-0.2, 0) is 22.4 Å². The van der Waals surface area contributed by atoms with E-state index in [1.165, 1.54) is 0 Å². The first-order chi connectivity index (χ1) is 12.2. The zero-order valence-electron chi connectivity index (χ0n) is 14.4. The maximum atomic E-state index is 12.4. The molecule has 2 aromatic rings. The van der Waals surface area contributed by atoms with Crippen molar-refractivity contribution in [3.8, 4) is 5.75 Å². The number of piperazine rings is 1. The summed E-state index contributed by atoms with van der Waals surface area (Å²) in [5.74, 6) is 0.983. The number of hydrogen-bond acceptors (Lipinski definition) is 3. The number of methoxy groups -OCH3 is 1. The third kappa shape index (κ3) is 4.41. The van der Waals surface area contributed by atoms with E-state index in [0.717, 1.165) is 17.0 Å². The van der Waals surface area contributed by atoms with Crippen LogP contribution in [0.4, 0.5) is 0 Å². The lowest BCUT2D eigenvalue weighted by Gasteiger charge is -2.35. The molecule has 1 aliphatic rings. The van der Waals surface area contributed by atoms with Gasteiger partial charge < -0.3 is 19.5 Å². The third-order valence-electron chi connectivity index (χ3n) is 4.50. The molecule has 6 nitrogen and oxygen atoms in total. The van der Waals surface area contributed by atoms with Gasteiger partial charge in [0.25, 0.3) is 0 Å². The molecule has 3 rings (SSSR count). The van der Waals surface area contributed by atoms with Gasteiger partial charge in [0, 0.05) is 38.1 Å². The number of carbonyl (C=O) groups excluding carboxylic acids is 2. The van der Waals surface area contributed by atoms with Gasteiger partial charge in [0.05, 0.1) is 20.0 Å². The fraction of sp³-hybridized carbons (Fsp3) is 0.368. The molecule has 0 spiro atoms. The lowest BCUT2D eigenvalue weighted by molar-refractivity contribution is -0.138. The van der Waals surface area contributed by atoms with Crippen LogP contribution in [0.15, 0.2) is 42.6 Å². The third-order valence-corrected chi connectivity index (χ3v) is 4.50. The van der Waals surface area contributed by atoms with Gasteiger partial charge in [-0.1, -0.05) is 12.1 Å². The smallest absolute Gasteiger partial charge is 0.228 e. The Balaban J connectivity index is 1.47. The van der Waals surface area contributed by atoms with Crippen molar-refractivity contribution in [3.63, 3.8) is 0 Å². The predicted molar refractivity (Wildman–Crippen MR) is 94.4 cm³/mol. The minimum absolute atomic E-state index is 0.0987. The van der Waals surface area contributed by atoms with E-state index in [1.54, 1.807) is 7.11 Å². The van der Waals surface area contributed by atoms with E-state index in [9.17, 15) is 9.59 Å². The van der Waals surface area contributed by atoms with Gasteiger partial charge in [0.2, 0.25) is 11.8 Å². The number of H-pyrrole nitrogens is 1. The Morgan fingerprint density at radius 3 is 2.08 bits per heavy atom. The number of benzene rings is 1. The lowest BCUT2D eigenvalue weighted by Crippen LogP contribution is -2.51. The molecule has 0 bridgehead atoms. The number of aromatic amines is 1. The van der Waals surface area contributed by atoms with E-state index in [1.807, 2.05) is 52.4 Å². The quantitative estimate of drug-likeness (QED) is 0.896. The fourth-order valence-corrected chi connectivity index (χ4v) is 2.99. The Bertz CT molecular complexity index is 702. The Labute approximate surface area is 147 Å². The molecule has 0 unspecified atom stereocenters. The van der Waals surface area contributed by atoms with Crippen LogP contribution in [0.1, 0.15) is 11.3 Å². The van der Waals surface area contributed by atoms with Gasteiger partial charge in [-0.3, -0.25) is 9.59 Å². The summed E-state index contributed by atoms with van der Waals surface area (Å²) in [5, 5.41) is 0. The monoisotopic (exact) mass is 341 g/mol. The zero-order chi connectivity index (χ0) is 17.6. The lowest BCUT2D eigenvalue weighted by atomic mass is 10.1. The maximum absolute atomic E-state index is 12.4. The second-order valence-electron chi connectivity index (χ2n) is 6.16. The number of nitrogens with zero attached hydrogens (tertiary/aromatic N) is 2. The van der Waals surface area contributed by atoms with E-state index in [2.05, 4.69) is 4.98 Å². The van der Waals surface area contributed by atoms with Gasteiger partial charge in [-0.2, -0.15) is 0 Å². The van der Waals surface area contributed by atoms with Crippen LogP contribution in [-0.4, -0.2) is 59.9 Å². The molecule has 2 amide bonds. The molecule has 1 saturated heterocycles.